The van der Waals surface area contributed by atoms with Gasteiger partial charge in [0.05, 0.1) is 21.5 Å². The number of benzene rings is 2. The number of hydrogen-bond acceptors (Lipinski definition) is 4. The Hall–Kier alpha value is -2.35. The number of carbonyl (C=O) groups is 1. The van der Waals surface area contributed by atoms with Crippen LogP contribution in [0.1, 0.15) is 20.8 Å². The van der Waals surface area contributed by atoms with Crippen LogP contribution in [-0.4, -0.2) is 20.9 Å². The quantitative estimate of drug-likeness (QED) is 0.660. The minimum absolute atomic E-state index is 0.107. The van der Waals surface area contributed by atoms with E-state index in [0.29, 0.717) is 35.1 Å². The summed E-state index contributed by atoms with van der Waals surface area (Å²) in [5, 5.41) is 2.80. The van der Waals surface area contributed by atoms with Gasteiger partial charge in [0, 0.05) is 17.0 Å². The van der Waals surface area contributed by atoms with Crippen molar-refractivity contribution in [1.29, 1.82) is 0 Å². The van der Waals surface area contributed by atoms with Gasteiger partial charge in [-0.2, -0.15) is 0 Å². The van der Waals surface area contributed by atoms with Gasteiger partial charge in [0.15, 0.2) is 0 Å². The molecule has 0 bridgehead atoms. The molecule has 2 heterocycles. The van der Waals surface area contributed by atoms with Crippen LogP contribution >= 0.6 is 22.9 Å². The molecule has 0 unspecified atom stereocenters. The molecule has 1 N–H and O–H groups in total. The van der Waals surface area contributed by atoms with E-state index in [2.05, 4.69) is 5.32 Å². The van der Waals surface area contributed by atoms with Gasteiger partial charge in [-0.1, -0.05) is 35.9 Å². The van der Waals surface area contributed by atoms with Crippen LogP contribution in [0, 0.1) is 0 Å². The van der Waals surface area contributed by atoms with E-state index in [9.17, 15) is 13.2 Å². The first-order chi connectivity index (χ1) is 13.4. The van der Waals surface area contributed by atoms with Crippen molar-refractivity contribution in [2.24, 2.45) is 0 Å². The lowest BCUT2D eigenvalue weighted by molar-refractivity contribution is 0.0951. The molecule has 8 heteroatoms. The number of halogens is 1. The maximum Gasteiger partial charge on any atom is 0.264 e. The number of anilines is 1. The standard InChI is InChI=1S/C20H17ClN2O3S2/c21-19-9-8-16(27-19)13-22-20(24)15-5-3-6-17(12-15)28(25,26)23-11-10-14-4-1-2-7-18(14)23/h1-9,12H,10-11,13H2,(H,22,24). The predicted octanol–water partition coefficient (Wildman–Crippen LogP) is 4.08. The Bertz CT molecular complexity index is 1140. The van der Waals surface area contributed by atoms with E-state index >= 15 is 0 Å². The van der Waals surface area contributed by atoms with Gasteiger partial charge in [-0.3, -0.25) is 9.10 Å². The summed E-state index contributed by atoms with van der Waals surface area (Å²) in [4.78, 5) is 13.5. The van der Waals surface area contributed by atoms with Crippen molar-refractivity contribution in [2.45, 2.75) is 17.9 Å². The number of nitrogens with one attached hydrogen (secondary N) is 1. The third kappa shape index (κ3) is 3.65. The molecule has 3 aromatic rings. The summed E-state index contributed by atoms with van der Waals surface area (Å²) in [6, 6.07) is 17.2. The lowest BCUT2D eigenvalue weighted by atomic mass is 10.2. The first-order valence-corrected chi connectivity index (χ1v) is 11.3. The van der Waals surface area contributed by atoms with Gasteiger partial charge in [0.25, 0.3) is 15.9 Å². The Morgan fingerprint density at radius 2 is 1.93 bits per heavy atom. The SMILES string of the molecule is O=C(NCc1ccc(Cl)s1)c1cccc(S(=O)(=O)N2CCc3ccccc32)c1. The summed E-state index contributed by atoms with van der Waals surface area (Å²) < 4.78 is 28.3. The van der Waals surface area contributed by atoms with E-state index in [0.717, 1.165) is 10.4 Å². The molecule has 0 aliphatic carbocycles. The molecule has 0 spiro atoms. The first-order valence-electron chi connectivity index (χ1n) is 8.68. The molecular formula is C20H17ClN2O3S2. The molecule has 2 aromatic carbocycles. The Labute approximate surface area is 172 Å². The Kier molecular flexibility index (Phi) is 5.14. The number of fused-ring (bicyclic) bond motifs is 1. The number of rotatable bonds is 5. The van der Waals surface area contributed by atoms with Gasteiger partial charge in [-0.25, -0.2) is 8.42 Å². The first kappa shape index (κ1) is 19.0. The van der Waals surface area contributed by atoms with E-state index in [1.54, 1.807) is 18.2 Å². The fourth-order valence-corrected chi connectivity index (χ4v) is 5.78. The molecule has 4 rings (SSSR count). The Balaban J connectivity index is 1.55. The van der Waals surface area contributed by atoms with Crippen LogP contribution in [0.15, 0.2) is 65.6 Å². The zero-order valence-electron chi connectivity index (χ0n) is 14.8. The topological polar surface area (TPSA) is 66.5 Å². The van der Waals surface area contributed by atoms with Gasteiger partial charge >= 0.3 is 0 Å². The van der Waals surface area contributed by atoms with E-state index in [-0.39, 0.29) is 10.8 Å². The number of carbonyl (C=O) groups excluding carboxylic acids is 1. The van der Waals surface area contributed by atoms with Gasteiger partial charge in [-0.15, -0.1) is 11.3 Å². The van der Waals surface area contributed by atoms with E-state index in [1.807, 2.05) is 30.3 Å². The van der Waals surface area contributed by atoms with Crippen LogP contribution in [0.3, 0.4) is 0 Å². The average Bonchev–Trinajstić information content (AvgIpc) is 3.32. The van der Waals surface area contributed by atoms with E-state index in [4.69, 9.17) is 11.6 Å². The molecule has 5 nitrogen and oxygen atoms in total. The summed E-state index contributed by atoms with van der Waals surface area (Å²) >= 11 is 7.29. The molecule has 0 saturated carbocycles. The highest BCUT2D eigenvalue weighted by molar-refractivity contribution is 7.92. The van der Waals surface area contributed by atoms with Crippen LogP contribution < -0.4 is 9.62 Å². The second-order valence-electron chi connectivity index (χ2n) is 6.37. The van der Waals surface area contributed by atoms with Crippen LogP contribution in [0.2, 0.25) is 4.34 Å². The van der Waals surface area contributed by atoms with Crippen LogP contribution in [0.25, 0.3) is 0 Å². The fourth-order valence-electron chi connectivity index (χ4n) is 3.20. The Morgan fingerprint density at radius 3 is 2.71 bits per heavy atom. The molecule has 1 amide bonds. The van der Waals surface area contributed by atoms with Gasteiger partial charge in [-0.05, 0) is 48.4 Å². The molecule has 1 aromatic heterocycles. The van der Waals surface area contributed by atoms with Gasteiger partial charge in [0.1, 0.15) is 0 Å². The third-order valence-electron chi connectivity index (χ3n) is 4.58. The summed E-state index contributed by atoms with van der Waals surface area (Å²) in [7, 11) is -3.73. The highest BCUT2D eigenvalue weighted by atomic mass is 35.5. The largest absolute Gasteiger partial charge is 0.347 e. The van der Waals surface area contributed by atoms with E-state index in [1.165, 1.54) is 27.8 Å². The van der Waals surface area contributed by atoms with Crippen molar-refractivity contribution in [3.8, 4) is 0 Å². The molecule has 28 heavy (non-hydrogen) atoms. The molecule has 0 saturated heterocycles. The highest BCUT2D eigenvalue weighted by Crippen LogP contribution is 2.32. The van der Waals surface area contributed by atoms with Crippen molar-refractivity contribution in [2.75, 3.05) is 10.8 Å². The van der Waals surface area contributed by atoms with Crippen LogP contribution in [-0.2, 0) is 23.0 Å². The summed E-state index contributed by atoms with van der Waals surface area (Å²) in [5.74, 6) is -0.330. The highest BCUT2D eigenvalue weighted by Gasteiger charge is 2.30. The average molecular weight is 433 g/mol. The fraction of sp³-hybridized carbons (Fsp3) is 0.150. The number of nitrogens with zero attached hydrogens (tertiary/aromatic N) is 1. The Morgan fingerprint density at radius 1 is 1.11 bits per heavy atom. The molecule has 0 fully saturated rings. The second-order valence-corrected chi connectivity index (χ2v) is 10.0. The number of sulfonamides is 1. The number of hydrogen-bond donors (Lipinski definition) is 1. The molecule has 0 radical (unpaired) electrons. The maximum absolute atomic E-state index is 13.1. The minimum atomic E-state index is -3.73. The van der Waals surface area contributed by atoms with Crippen molar-refractivity contribution in [1.82, 2.24) is 5.32 Å². The lowest BCUT2D eigenvalue weighted by Gasteiger charge is -2.20. The normalized spacial score (nSPS) is 13.4. The van der Waals surface area contributed by atoms with Crippen molar-refractivity contribution in [3.63, 3.8) is 0 Å². The minimum Gasteiger partial charge on any atom is -0.347 e. The molecule has 1 aliphatic rings. The molecule has 144 valence electrons. The summed E-state index contributed by atoms with van der Waals surface area (Å²) in [6.45, 7) is 0.740. The van der Waals surface area contributed by atoms with E-state index < -0.39 is 10.0 Å². The number of thiophene rings is 1. The van der Waals surface area contributed by atoms with Crippen LogP contribution in [0.5, 0.6) is 0 Å². The monoisotopic (exact) mass is 432 g/mol. The smallest absolute Gasteiger partial charge is 0.264 e. The number of amides is 1. The number of para-hydroxylation sites is 1. The second kappa shape index (κ2) is 7.58. The van der Waals surface area contributed by atoms with Gasteiger partial charge < -0.3 is 5.32 Å². The van der Waals surface area contributed by atoms with Crippen molar-refractivity contribution in [3.05, 3.63) is 81.0 Å². The zero-order chi connectivity index (χ0) is 19.7. The molecule has 1 aliphatic heterocycles. The van der Waals surface area contributed by atoms with Crippen LogP contribution in [0.4, 0.5) is 5.69 Å². The molecule has 0 atom stereocenters. The summed E-state index contributed by atoms with van der Waals surface area (Å²) in [6.07, 6.45) is 0.680. The predicted molar refractivity (Wildman–Crippen MR) is 112 cm³/mol. The summed E-state index contributed by atoms with van der Waals surface area (Å²) in [5.41, 5.74) is 2.01. The molecular weight excluding hydrogens is 416 g/mol. The lowest BCUT2D eigenvalue weighted by Crippen LogP contribution is -2.29. The van der Waals surface area contributed by atoms with Crippen molar-refractivity contribution >= 4 is 44.6 Å². The maximum atomic E-state index is 13.1. The zero-order valence-corrected chi connectivity index (χ0v) is 17.2. The van der Waals surface area contributed by atoms with Gasteiger partial charge in [0.2, 0.25) is 0 Å². The third-order valence-corrected chi connectivity index (χ3v) is 7.62. The van der Waals surface area contributed by atoms with Crippen molar-refractivity contribution < 1.29 is 13.2 Å².